The van der Waals surface area contributed by atoms with Crippen molar-refractivity contribution < 1.29 is 14.6 Å². The molecule has 2 N–H and O–H groups in total. The second-order valence-electron chi connectivity index (χ2n) is 5.71. The number of hydrogen-bond donors (Lipinski definition) is 2. The van der Waals surface area contributed by atoms with Gasteiger partial charge < -0.3 is 15.2 Å². The molecule has 0 aliphatic heterocycles. The molecule has 0 aromatic heterocycles. The van der Waals surface area contributed by atoms with Gasteiger partial charge in [0.05, 0.1) is 22.2 Å². The van der Waals surface area contributed by atoms with Crippen LogP contribution >= 0.6 is 39.1 Å². The molecule has 138 valence electrons. The summed E-state index contributed by atoms with van der Waals surface area (Å²) in [6, 6.07) is 16.9. The lowest BCUT2D eigenvalue weighted by Crippen LogP contribution is -2.14. The number of carbonyl (C=O) groups is 1. The van der Waals surface area contributed by atoms with Gasteiger partial charge in [-0.1, -0.05) is 51.3 Å². The number of phenols is 1. The van der Waals surface area contributed by atoms with Crippen LogP contribution in [0.25, 0.3) is 0 Å². The molecular formula is C20H14BrCl2NO3. The summed E-state index contributed by atoms with van der Waals surface area (Å²) in [5, 5.41) is 13.7. The van der Waals surface area contributed by atoms with Crippen molar-refractivity contribution in [3.8, 4) is 17.2 Å². The third kappa shape index (κ3) is 5.39. The van der Waals surface area contributed by atoms with Crippen LogP contribution in [0.15, 0.2) is 65.1 Å². The van der Waals surface area contributed by atoms with Gasteiger partial charge in [-0.05, 0) is 42.0 Å². The summed E-state index contributed by atoms with van der Waals surface area (Å²) in [4.78, 5) is 12.2. The molecule has 1 amide bonds. The van der Waals surface area contributed by atoms with Gasteiger partial charge in [-0.3, -0.25) is 4.79 Å². The molecule has 0 saturated heterocycles. The molecule has 27 heavy (non-hydrogen) atoms. The fourth-order valence-corrected chi connectivity index (χ4v) is 2.89. The predicted octanol–water partition coefficient (Wildman–Crippen LogP) is 6.44. The Bertz CT molecular complexity index is 977. The fourth-order valence-electron chi connectivity index (χ4n) is 2.34. The molecule has 0 saturated carbocycles. The van der Waals surface area contributed by atoms with Crippen molar-refractivity contribution in [3.63, 3.8) is 0 Å². The number of ether oxygens (including phenoxy) is 1. The van der Waals surface area contributed by atoms with Gasteiger partial charge in [0.15, 0.2) is 0 Å². The number of aromatic hydroxyl groups is 1. The highest BCUT2D eigenvalue weighted by atomic mass is 79.9. The predicted molar refractivity (Wildman–Crippen MR) is 111 cm³/mol. The van der Waals surface area contributed by atoms with E-state index in [1.807, 2.05) is 24.3 Å². The molecule has 0 aliphatic carbocycles. The maximum Gasteiger partial charge on any atom is 0.228 e. The van der Waals surface area contributed by atoms with Crippen molar-refractivity contribution in [2.75, 3.05) is 5.32 Å². The normalized spacial score (nSPS) is 10.5. The number of benzene rings is 3. The first-order chi connectivity index (χ1) is 12.9. The van der Waals surface area contributed by atoms with Gasteiger partial charge in [-0.25, -0.2) is 0 Å². The minimum absolute atomic E-state index is 0.100. The van der Waals surface area contributed by atoms with Crippen LogP contribution in [-0.4, -0.2) is 11.0 Å². The number of carbonyl (C=O) groups excluding carboxylic acids is 1. The van der Waals surface area contributed by atoms with Gasteiger partial charge in [0, 0.05) is 16.6 Å². The number of rotatable bonds is 5. The summed E-state index contributed by atoms with van der Waals surface area (Å²) in [5.74, 6) is 0.551. The number of hydrogen-bond acceptors (Lipinski definition) is 3. The summed E-state index contributed by atoms with van der Waals surface area (Å²) in [6.07, 6.45) is 0.203. The first-order valence-corrected chi connectivity index (χ1v) is 9.46. The van der Waals surface area contributed by atoms with Gasteiger partial charge in [0.1, 0.15) is 17.2 Å². The van der Waals surface area contributed by atoms with Crippen molar-refractivity contribution in [1.82, 2.24) is 0 Å². The van der Waals surface area contributed by atoms with E-state index in [1.54, 1.807) is 30.3 Å². The van der Waals surface area contributed by atoms with E-state index in [1.165, 1.54) is 6.07 Å². The molecule has 3 rings (SSSR count). The highest BCUT2D eigenvalue weighted by Crippen LogP contribution is 2.33. The van der Waals surface area contributed by atoms with E-state index in [0.717, 1.165) is 10.0 Å². The Labute approximate surface area is 174 Å². The highest BCUT2D eigenvalue weighted by molar-refractivity contribution is 9.10. The first-order valence-electron chi connectivity index (χ1n) is 7.91. The highest BCUT2D eigenvalue weighted by Gasteiger charge is 2.10. The molecule has 0 bridgehead atoms. The average molecular weight is 467 g/mol. The lowest BCUT2D eigenvalue weighted by Gasteiger charge is -2.11. The summed E-state index contributed by atoms with van der Waals surface area (Å²) in [7, 11) is 0. The standard InChI is InChI=1S/C20H14BrCl2NO3/c21-13-3-1-12(2-4-13)9-20(26)24-18-8-6-15(11-19(18)25)27-14-5-7-16(22)17(23)10-14/h1-8,10-11,25H,9H2,(H,24,26). The lowest BCUT2D eigenvalue weighted by molar-refractivity contribution is -0.115. The molecule has 0 radical (unpaired) electrons. The number of amides is 1. The minimum Gasteiger partial charge on any atom is -0.506 e. The van der Waals surface area contributed by atoms with Crippen LogP contribution in [-0.2, 0) is 11.2 Å². The topological polar surface area (TPSA) is 58.6 Å². The Morgan fingerprint density at radius 2 is 1.63 bits per heavy atom. The minimum atomic E-state index is -0.231. The molecule has 0 fully saturated rings. The summed E-state index contributed by atoms with van der Waals surface area (Å²) in [5.41, 5.74) is 1.17. The van der Waals surface area contributed by atoms with Gasteiger partial charge >= 0.3 is 0 Å². The molecule has 7 heteroatoms. The average Bonchev–Trinajstić information content (AvgIpc) is 2.62. The first kappa shape index (κ1) is 19.5. The Morgan fingerprint density at radius 3 is 2.30 bits per heavy atom. The van der Waals surface area contributed by atoms with Crippen LogP contribution in [0.5, 0.6) is 17.2 Å². The molecule has 3 aromatic rings. The third-order valence-corrected chi connectivity index (χ3v) is 4.92. The van der Waals surface area contributed by atoms with E-state index in [9.17, 15) is 9.90 Å². The van der Waals surface area contributed by atoms with Crippen molar-refractivity contribution >= 4 is 50.7 Å². The second-order valence-corrected chi connectivity index (χ2v) is 7.44. The smallest absolute Gasteiger partial charge is 0.228 e. The van der Waals surface area contributed by atoms with Gasteiger partial charge in [-0.2, -0.15) is 0 Å². The molecule has 0 aliphatic rings. The SMILES string of the molecule is O=C(Cc1ccc(Br)cc1)Nc1ccc(Oc2ccc(Cl)c(Cl)c2)cc1O. The zero-order valence-corrected chi connectivity index (χ0v) is 17.0. The molecule has 0 unspecified atom stereocenters. The summed E-state index contributed by atoms with van der Waals surface area (Å²) >= 11 is 15.2. The Morgan fingerprint density at radius 1 is 0.963 bits per heavy atom. The van der Waals surface area contributed by atoms with E-state index in [4.69, 9.17) is 27.9 Å². The van der Waals surface area contributed by atoms with E-state index in [2.05, 4.69) is 21.2 Å². The Balaban J connectivity index is 1.66. The van der Waals surface area contributed by atoms with Gasteiger partial charge in [0.2, 0.25) is 5.91 Å². The maximum absolute atomic E-state index is 12.2. The van der Waals surface area contributed by atoms with E-state index < -0.39 is 0 Å². The number of nitrogens with one attached hydrogen (secondary N) is 1. The molecule has 3 aromatic carbocycles. The Hall–Kier alpha value is -2.21. The van der Waals surface area contributed by atoms with Crippen LogP contribution in [0.4, 0.5) is 5.69 Å². The fraction of sp³-hybridized carbons (Fsp3) is 0.0500. The van der Waals surface area contributed by atoms with Gasteiger partial charge in [-0.15, -0.1) is 0 Å². The Kier molecular flexibility index (Phi) is 6.26. The monoisotopic (exact) mass is 465 g/mol. The number of phenolic OH excluding ortho intramolecular Hbond substituents is 1. The van der Waals surface area contributed by atoms with Crippen LogP contribution in [0, 0.1) is 0 Å². The van der Waals surface area contributed by atoms with Crippen LogP contribution in [0.3, 0.4) is 0 Å². The van der Waals surface area contributed by atoms with Crippen molar-refractivity contribution in [1.29, 1.82) is 0 Å². The van der Waals surface area contributed by atoms with E-state index in [0.29, 0.717) is 27.2 Å². The number of anilines is 1. The molecular weight excluding hydrogens is 453 g/mol. The van der Waals surface area contributed by atoms with Crippen molar-refractivity contribution in [2.24, 2.45) is 0 Å². The van der Waals surface area contributed by atoms with Crippen LogP contribution < -0.4 is 10.1 Å². The molecule has 0 atom stereocenters. The van der Waals surface area contributed by atoms with E-state index in [-0.39, 0.29) is 18.1 Å². The maximum atomic E-state index is 12.2. The third-order valence-electron chi connectivity index (χ3n) is 3.65. The zero-order valence-electron chi connectivity index (χ0n) is 13.9. The zero-order chi connectivity index (χ0) is 19.4. The lowest BCUT2D eigenvalue weighted by atomic mass is 10.1. The molecule has 0 heterocycles. The van der Waals surface area contributed by atoms with E-state index >= 15 is 0 Å². The quantitative estimate of drug-likeness (QED) is 0.425. The molecule has 4 nitrogen and oxygen atoms in total. The van der Waals surface area contributed by atoms with Crippen molar-refractivity contribution in [3.05, 3.63) is 80.7 Å². The van der Waals surface area contributed by atoms with Crippen molar-refractivity contribution in [2.45, 2.75) is 6.42 Å². The molecule has 0 spiro atoms. The second kappa shape index (κ2) is 8.65. The van der Waals surface area contributed by atoms with Crippen LogP contribution in [0.1, 0.15) is 5.56 Å². The summed E-state index contributed by atoms with van der Waals surface area (Å²) in [6.45, 7) is 0. The van der Waals surface area contributed by atoms with Crippen LogP contribution in [0.2, 0.25) is 10.0 Å². The summed E-state index contributed by atoms with van der Waals surface area (Å²) < 4.78 is 6.59. The number of halogens is 3. The largest absolute Gasteiger partial charge is 0.506 e. The van der Waals surface area contributed by atoms with Gasteiger partial charge in [0.25, 0.3) is 0 Å².